The van der Waals surface area contributed by atoms with E-state index in [9.17, 15) is 13.2 Å². The fourth-order valence-corrected chi connectivity index (χ4v) is 6.73. The van der Waals surface area contributed by atoms with E-state index in [0.29, 0.717) is 25.9 Å². The minimum atomic E-state index is -3.63. The zero-order chi connectivity index (χ0) is 17.9. The zero-order valence-electron chi connectivity index (χ0n) is 13.5. The predicted octanol–water partition coefficient (Wildman–Crippen LogP) is 3.02. The van der Waals surface area contributed by atoms with Crippen LogP contribution in [0.4, 0.5) is 0 Å². The van der Waals surface area contributed by atoms with Gasteiger partial charge in [-0.05, 0) is 52.9 Å². The van der Waals surface area contributed by atoms with Crippen molar-refractivity contribution in [1.29, 1.82) is 0 Å². The molecule has 0 aliphatic carbocycles. The molecular weight excluding hydrogens is 424 g/mol. The van der Waals surface area contributed by atoms with E-state index in [0.717, 1.165) is 15.8 Å². The van der Waals surface area contributed by atoms with Crippen molar-refractivity contribution in [3.63, 3.8) is 0 Å². The molecule has 3 rings (SSSR count). The first-order valence-corrected chi connectivity index (χ1v) is 11.1. The Morgan fingerprint density at radius 3 is 2.68 bits per heavy atom. The fourth-order valence-electron chi connectivity index (χ4n) is 2.93. The van der Waals surface area contributed by atoms with E-state index in [1.165, 1.54) is 15.6 Å². The van der Waals surface area contributed by atoms with Gasteiger partial charge in [0.2, 0.25) is 5.91 Å². The van der Waals surface area contributed by atoms with Crippen LogP contribution in [-0.2, 0) is 21.2 Å². The molecule has 0 spiro atoms. The topological polar surface area (TPSA) is 66.5 Å². The number of rotatable bonds is 6. The summed E-state index contributed by atoms with van der Waals surface area (Å²) in [6.07, 6.45) is 1.98. The van der Waals surface area contributed by atoms with Gasteiger partial charge in [-0.3, -0.25) is 4.79 Å². The lowest BCUT2D eigenvalue weighted by Gasteiger charge is -2.22. The molecule has 0 radical (unpaired) electrons. The van der Waals surface area contributed by atoms with Crippen molar-refractivity contribution in [1.82, 2.24) is 9.62 Å². The number of sulfonamides is 1. The van der Waals surface area contributed by atoms with Crippen LogP contribution < -0.4 is 5.32 Å². The summed E-state index contributed by atoms with van der Waals surface area (Å²) in [6, 6.07) is 12.5. The number of nitrogens with one attached hydrogen (secondary N) is 1. The summed E-state index contributed by atoms with van der Waals surface area (Å²) in [5, 5.41) is 2.88. The SMILES string of the molecule is O=C(NCCc1ccccc1)[C@@H]1CCCN1S(=O)(=O)c1ccc(Br)s1. The number of hydrogen-bond acceptors (Lipinski definition) is 4. The number of carbonyl (C=O) groups excluding carboxylic acids is 1. The van der Waals surface area contributed by atoms with E-state index in [4.69, 9.17) is 0 Å². The van der Waals surface area contributed by atoms with Gasteiger partial charge in [0.1, 0.15) is 10.3 Å². The average Bonchev–Trinajstić information content (AvgIpc) is 3.25. The van der Waals surface area contributed by atoms with Crippen molar-refractivity contribution in [3.8, 4) is 0 Å². The Labute approximate surface area is 160 Å². The average molecular weight is 443 g/mol. The summed E-state index contributed by atoms with van der Waals surface area (Å²) >= 11 is 4.46. The zero-order valence-corrected chi connectivity index (χ0v) is 16.7. The molecule has 25 heavy (non-hydrogen) atoms. The highest BCUT2D eigenvalue weighted by molar-refractivity contribution is 9.11. The summed E-state index contributed by atoms with van der Waals surface area (Å²) in [7, 11) is -3.63. The number of hydrogen-bond donors (Lipinski definition) is 1. The van der Waals surface area contributed by atoms with Gasteiger partial charge >= 0.3 is 0 Å². The minimum Gasteiger partial charge on any atom is -0.354 e. The van der Waals surface area contributed by atoms with Crippen molar-refractivity contribution in [2.75, 3.05) is 13.1 Å². The molecular formula is C17H19BrN2O3S2. The molecule has 1 aromatic heterocycles. The van der Waals surface area contributed by atoms with Crippen molar-refractivity contribution in [2.45, 2.75) is 29.5 Å². The van der Waals surface area contributed by atoms with Gasteiger partial charge in [-0.1, -0.05) is 30.3 Å². The van der Waals surface area contributed by atoms with Crippen molar-refractivity contribution < 1.29 is 13.2 Å². The molecule has 1 amide bonds. The molecule has 1 fully saturated rings. The second kappa shape index (κ2) is 7.99. The largest absolute Gasteiger partial charge is 0.354 e. The van der Waals surface area contributed by atoms with E-state index < -0.39 is 16.1 Å². The third-order valence-electron chi connectivity index (χ3n) is 4.17. The lowest BCUT2D eigenvalue weighted by Crippen LogP contribution is -2.46. The highest BCUT2D eigenvalue weighted by atomic mass is 79.9. The fraction of sp³-hybridized carbons (Fsp3) is 0.353. The number of carbonyl (C=O) groups is 1. The highest BCUT2D eigenvalue weighted by Crippen LogP contribution is 2.32. The Morgan fingerprint density at radius 1 is 1.24 bits per heavy atom. The maximum Gasteiger partial charge on any atom is 0.253 e. The summed E-state index contributed by atoms with van der Waals surface area (Å²) in [5.74, 6) is -0.215. The van der Waals surface area contributed by atoms with Crippen LogP contribution in [0, 0.1) is 0 Å². The summed E-state index contributed by atoms with van der Waals surface area (Å²) in [5.41, 5.74) is 1.14. The molecule has 0 bridgehead atoms. The van der Waals surface area contributed by atoms with Gasteiger partial charge in [-0.25, -0.2) is 8.42 Å². The van der Waals surface area contributed by atoms with E-state index in [1.807, 2.05) is 30.3 Å². The van der Waals surface area contributed by atoms with Crippen LogP contribution in [0.3, 0.4) is 0 Å². The van der Waals surface area contributed by atoms with Crippen LogP contribution in [0.25, 0.3) is 0 Å². The number of amides is 1. The molecule has 134 valence electrons. The number of halogens is 1. The normalized spacial score (nSPS) is 18.4. The lowest BCUT2D eigenvalue weighted by atomic mass is 10.1. The van der Waals surface area contributed by atoms with Crippen molar-refractivity contribution >= 4 is 43.2 Å². The number of benzene rings is 1. The molecule has 1 aromatic carbocycles. The molecule has 0 saturated carbocycles. The van der Waals surface area contributed by atoms with Crippen LogP contribution in [0.15, 0.2) is 50.5 Å². The van der Waals surface area contributed by atoms with E-state index in [1.54, 1.807) is 12.1 Å². The smallest absolute Gasteiger partial charge is 0.253 e. The van der Waals surface area contributed by atoms with Crippen LogP contribution in [0.2, 0.25) is 0 Å². The van der Waals surface area contributed by atoms with Crippen LogP contribution in [0.5, 0.6) is 0 Å². The molecule has 5 nitrogen and oxygen atoms in total. The van der Waals surface area contributed by atoms with Crippen molar-refractivity contribution in [3.05, 3.63) is 51.8 Å². The first-order valence-electron chi connectivity index (χ1n) is 8.07. The molecule has 8 heteroatoms. The first-order chi connectivity index (χ1) is 12.0. The maximum absolute atomic E-state index is 12.8. The second-order valence-corrected chi connectivity index (χ2v) is 10.4. The summed E-state index contributed by atoms with van der Waals surface area (Å²) in [6.45, 7) is 0.881. The van der Waals surface area contributed by atoms with Crippen LogP contribution in [-0.4, -0.2) is 37.8 Å². The third kappa shape index (κ3) is 4.31. The standard InChI is InChI=1S/C17H19BrN2O3S2/c18-15-8-9-16(24-15)25(22,23)20-12-4-7-14(20)17(21)19-11-10-13-5-2-1-3-6-13/h1-3,5-6,8-9,14H,4,7,10-12H2,(H,19,21)/t14-/m0/s1. The molecule has 2 heterocycles. The van der Waals surface area contributed by atoms with Gasteiger partial charge < -0.3 is 5.32 Å². The van der Waals surface area contributed by atoms with Gasteiger partial charge in [0.25, 0.3) is 10.0 Å². The Morgan fingerprint density at radius 2 is 2.00 bits per heavy atom. The van der Waals surface area contributed by atoms with Gasteiger partial charge in [0, 0.05) is 13.1 Å². The van der Waals surface area contributed by atoms with Gasteiger partial charge in [-0.15, -0.1) is 11.3 Å². The van der Waals surface area contributed by atoms with Gasteiger partial charge in [0.15, 0.2) is 0 Å². The molecule has 1 aliphatic heterocycles. The molecule has 2 aromatic rings. The molecule has 1 aliphatic rings. The minimum absolute atomic E-state index is 0.215. The monoisotopic (exact) mass is 442 g/mol. The van der Waals surface area contributed by atoms with Crippen molar-refractivity contribution in [2.24, 2.45) is 0 Å². The van der Waals surface area contributed by atoms with E-state index in [-0.39, 0.29) is 10.1 Å². The first kappa shape index (κ1) is 18.6. The quantitative estimate of drug-likeness (QED) is 0.747. The van der Waals surface area contributed by atoms with Crippen LogP contribution >= 0.6 is 27.3 Å². The molecule has 0 unspecified atom stereocenters. The summed E-state index contributed by atoms with van der Waals surface area (Å²) < 4.78 is 27.9. The molecule has 1 saturated heterocycles. The third-order valence-corrected chi connectivity index (χ3v) is 8.17. The molecule has 1 atom stereocenters. The molecule has 1 N–H and O–H groups in total. The Balaban J connectivity index is 1.63. The Bertz CT molecular complexity index is 837. The lowest BCUT2D eigenvalue weighted by molar-refractivity contribution is -0.124. The Hall–Kier alpha value is -1.22. The number of nitrogens with zero attached hydrogens (tertiary/aromatic N) is 1. The maximum atomic E-state index is 12.8. The van der Waals surface area contributed by atoms with Crippen LogP contribution in [0.1, 0.15) is 18.4 Å². The summed E-state index contributed by atoms with van der Waals surface area (Å²) in [4.78, 5) is 12.5. The number of thiophene rings is 1. The highest BCUT2D eigenvalue weighted by Gasteiger charge is 2.39. The van der Waals surface area contributed by atoms with Gasteiger partial charge in [0.05, 0.1) is 3.79 Å². The van der Waals surface area contributed by atoms with E-state index in [2.05, 4.69) is 21.2 Å². The second-order valence-electron chi connectivity index (χ2n) is 5.86. The van der Waals surface area contributed by atoms with E-state index >= 15 is 0 Å². The Kier molecular flexibility index (Phi) is 5.93. The van der Waals surface area contributed by atoms with Gasteiger partial charge in [-0.2, -0.15) is 4.31 Å². The predicted molar refractivity (Wildman–Crippen MR) is 102 cm³/mol.